The zero-order valence-electron chi connectivity index (χ0n) is 16.9. The molecule has 0 fully saturated rings. The molecule has 0 radical (unpaired) electrons. The summed E-state index contributed by atoms with van der Waals surface area (Å²) in [5, 5.41) is 3.69. The van der Waals surface area contributed by atoms with Gasteiger partial charge < -0.3 is 5.32 Å². The predicted octanol–water partition coefficient (Wildman–Crippen LogP) is 5.87. The van der Waals surface area contributed by atoms with E-state index in [1.165, 1.54) is 11.8 Å². The average molecular weight is 442 g/mol. The number of carbonyl (C=O) groups excluding carboxylic acids is 2. The Labute approximate surface area is 185 Å². The SMILES string of the molecule is CC(=O)N(c1cc(NC(=O)Cc2c(Cl)cccc2Cl)ccn1)c1ccc(C)cc1C. The van der Waals surface area contributed by atoms with E-state index in [-0.39, 0.29) is 18.2 Å². The molecular formula is C23H21Cl2N3O2. The minimum absolute atomic E-state index is 0.0314. The van der Waals surface area contributed by atoms with E-state index in [1.807, 2.05) is 32.0 Å². The molecule has 0 atom stereocenters. The van der Waals surface area contributed by atoms with E-state index in [9.17, 15) is 9.59 Å². The largest absolute Gasteiger partial charge is 0.326 e. The predicted molar refractivity (Wildman–Crippen MR) is 122 cm³/mol. The van der Waals surface area contributed by atoms with E-state index in [2.05, 4.69) is 10.3 Å². The lowest BCUT2D eigenvalue weighted by molar-refractivity contribution is -0.116. The van der Waals surface area contributed by atoms with Gasteiger partial charge in [-0.2, -0.15) is 0 Å². The van der Waals surface area contributed by atoms with E-state index >= 15 is 0 Å². The summed E-state index contributed by atoms with van der Waals surface area (Å²) in [5.41, 5.74) is 3.88. The highest BCUT2D eigenvalue weighted by molar-refractivity contribution is 6.36. The second kappa shape index (κ2) is 9.28. The number of aryl methyl sites for hydroxylation is 2. The van der Waals surface area contributed by atoms with Gasteiger partial charge in [-0.1, -0.05) is 47.0 Å². The molecule has 2 amide bonds. The summed E-state index contributed by atoms with van der Waals surface area (Å²) in [6.45, 7) is 5.41. The van der Waals surface area contributed by atoms with Crippen LogP contribution in [0.4, 0.5) is 17.2 Å². The fourth-order valence-electron chi connectivity index (χ4n) is 3.20. The summed E-state index contributed by atoms with van der Waals surface area (Å²) in [6, 6.07) is 14.3. The first-order valence-corrected chi connectivity index (χ1v) is 10.1. The second-order valence-corrected chi connectivity index (χ2v) is 7.79. The number of rotatable bonds is 5. The minimum atomic E-state index is -0.275. The number of nitrogens with zero attached hydrogens (tertiary/aromatic N) is 2. The molecule has 0 aliphatic heterocycles. The van der Waals surface area contributed by atoms with Crippen LogP contribution in [0.3, 0.4) is 0 Å². The quantitative estimate of drug-likeness (QED) is 0.538. The molecule has 3 aromatic rings. The maximum absolute atomic E-state index is 12.5. The highest BCUT2D eigenvalue weighted by Gasteiger charge is 2.18. The van der Waals surface area contributed by atoms with Crippen molar-refractivity contribution in [1.29, 1.82) is 0 Å². The van der Waals surface area contributed by atoms with Crippen molar-refractivity contribution in [3.05, 3.63) is 81.5 Å². The fraction of sp³-hybridized carbons (Fsp3) is 0.174. The lowest BCUT2D eigenvalue weighted by Crippen LogP contribution is -2.25. The van der Waals surface area contributed by atoms with Gasteiger partial charge in [0.2, 0.25) is 11.8 Å². The molecule has 2 aromatic carbocycles. The third-order valence-corrected chi connectivity index (χ3v) is 5.27. The molecule has 7 heteroatoms. The zero-order chi connectivity index (χ0) is 21.8. The van der Waals surface area contributed by atoms with Gasteiger partial charge in [0.05, 0.1) is 12.1 Å². The summed E-state index contributed by atoms with van der Waals surface area (Å²) in [7, 11) is 0. The number of hydrogen-bond donors (Lipinski definition) is 1. The number of halogens is 2. The standard InChI is InChI=1S/C23H21Cl2N3O2/c1-14-7-8-21(15(2)11-14)28(16(3)29)22-12-17(9-10-26-22)27-23(30)13-18-19(24)5-4-6-20(18)25/h4-12H,13H2,1-3H3,(H,26,27,30). The Balaban J connectivity index is 1.85. The van der Waals surface area contributed by atoms with E-state index in [4.69, 9.17) is 23.2 Å². The lowest BCUT2D eigenvalue weighted by Gasteiger charge is -2.23. The molecule has 0 unspecified atom stereocenters. The second-order valence-electron chi connectivity index (χ2n) is 6.97. The number of hydrogen-bond acceptors (Lipinski definition) is 3. The first-order valence-electron chi connectivity index (χ1n) is 9.33. The molecule has 0 saturated heterocycles. The van der Waals surface area contributed by atoms with Crippen LogP contribution >= 0.6 is 23.2 Å². The molecule has 0 aliphatic carbocycles. The highest BCUT2D eigenvalue weighted by Crippen LogP contribution is 2.30. The van der Waals surface area contributed by atoms with Gasteiger partial charge in [0, 0.05) is 34.9 Å². The Morgan fingerprint density at radius 1 is 1.03 bits per heavy atom. The molecule has 3 rings (SSSR count). The fourth-order valence-corrected chi connectivity index (χ4v) is 3.73. The summed E-state index contributed by atoms with van der Waals surface area (Å²) in [4.78, 5) is 30.8. The van der Waals surface area contributed by atoms with Crippen molar-refractivity contribution in [1.82, 2.24) is 4.98 Å². The Morgan fingerprint density at radius 2 is 1.73 bits per heavy atom. The first kappa shape index (κ1) is 21.8. The monoisotopic (exact) mass is 441 g/mol. The Kier molecular flexibility index (Phi) is 6.75. The van der Waals surface area contributed by atoms with Gasteiger partial charge in [0.1, 0.15) is 5.82 Å². The molecule has 0 spiro atoms. The number of aromatic nitrogens is 1. The topological polar surface area (TPSA) is 62.3 Å². The van der Waals surface area contributed by atoms with Crippen LogP contribution in [-0.2, 0) is 16.0 Å². The Morgan fingerprint density at radius 3 is 2.37 bits per heavy atom. The maximum atomic E-state index is 12.5. The van der Waals surface area contributed by atoms with E-state index in [1.54, 1.807) is 36.5 Å². The maximum Gasteiger partial charge on any atom is 0.229 e. The van der Waals surface area contributed by atoms with Gasteiger partial charge in [0.15, 0.2) is 0 Å². The molecule has 1 aromatic heterocycles. The van der Waals surface area contributed by atoms with Crippen molar-refractivity contribution in [3.63, 3.8) is 0 Å². The van der Waals surface area contributed by atoms with Gasteiger partial charge in [-0.15, -0.1) is 0 Å². The number of benzene rings is 2. The zero-order valence-corrected chi connectivity index (χ0v) is 18.4. The van der Waals surface area contributed by atoms with Crippen molar-refractivity contribution < 1.29 is 9.59 Å². The number of pyridine rings is 1. The number of carbonyl (C=O) groups is 2. The third kappa shape index (κ3) is 4.99. The van der Waals surface area contributed by atoms with E-state index in [0.717, 1.165) is 16.8 Å². The molecule has 154 valence electrons. The van der Waals surface area contributed by atoms with E-state index in [0.29, 0.717) is 27.1 Å². The highest BCUT2D eigenvalue weighted by atomic mass is 35.5. The lowest BCUT2D eigenvalue weighted by atomic mass is 10.1. The first-order chi connectivity index (χ1) is 14.3. The van der Waals surface area contributed by atoms with Gasteiger partial charge in [-0.25, -0.2) is 4.98 Å². The van der Waals surface area contributed by atoms with Crippen LogP contribution in [0.25, 0.3) is 0 Å². The van der Waals surface area contributed by atoms with Crippen LogP contribution in [0.5, 0.6) is 0 Å². The number of anilines is 3. The summed E-state index contributed by atoms with van der Waals surface area (Å²) in [6.07, 6.45) is 1.58. The summed E-state index contributed by atoms with van der Waals surface area (Å²) in [5.74, 6) is -0.0353. The number of nitrogens with one attached hydrogen (secondary N) is 1. The third-order valence-electron chi connectivity index (χ3n) is 4.57. The minimum Gasteiger partial charge on any atom is -0.326 e. The van der Waals surface area contributed by atoms with Crippen LogP contribution in [0.1, 0.15) is 23.6 Å². The van der Waals surface area contributed by atoms with Crippen LogP contribution in [0.15, 0.2) is 54.7 Å². The van der Waals surface area contributed by atoms with Gasteiger partial charge in [0.25, 0.3) is 0 Å². The van der Waals surface area contributed by atoms with Crippen molar-refractivity contribution in [2.24, 2.45) is 0 Å². The Hall–Kier alpha value is -2.89. The molecule has 1 heterocycles. The van der Waals surface area contributed by atoms with E-state index < -0.39 is 0 Å². The molecule has 1 N–H and O–H groups in total. The summed E-state index contributed by atoms with van der Waals surface area (Å²) < 4.78 is 0. The average Bonchev–Trinajstić information content (AvgIpc) is 2.67. The van der Waals surface area contributed by atoms with Crippen LogP contribution in [-0.4, -0.2) is 16.8 Å². The van der Waals surface area contributed by atoms with Crippen LogP contribution in [0.2, 0.25) is 10.0 Å². The molecule has 0 aliphatic rings. The van der Waals surface area contributed by atoms with Crippen molar-refractivity contribution in [2.45, 2.75) is 27.2 Å². The molecule has 30 heavy (non-hydrogen) atoms. The number of amides is 2. The van der Waals surface area contributed by atoms with Crippen molar-refractivity contribution in [2.75, 3.05) is 10.2 Å². The molecular weight excluding hydrogens is 421 g/mol. The van der Waals surface area contributed by atoms with Gasteiger partial charge >= 0.3 is 0 Å². The van der Waals surface area contributed by atoms with Gasteiger partial charge in [-0.3, -0.25) is 14.5 Å². The van der Waals surface area contributed by atoms with Gasteiger partial charge in [-0.05, 0) is 49.2 Å². The smallest absolute Gasteiger partial charge is 0.229 e. The molecule has 0 bridgehead atoms. The van der Waals surface area contributed by atoms with Crippen LogP contribution < -0.4 is 10.2 Å². The van der Waals surface area contributed by atoms with Crippen LogP contribution in [0, 0.1) is 13.8 Å². The molecule has 5 nitrogen and oxygen atoms in total. The van der Waals surface area contributed by atoms with Crippen molar-refractivity contribution in [3.8, 4) is 0 Å². The normalized spacial score (nSPS) is 10.6. The Bertz CT molecular complexity index is 1100. The summed E-state index contributed by atoms with van der Waals surface area (Å²) >= 11 is 12.3. The molecule has 0 saturated carbocycles. The van der Waals surface area contributed by atoms with Crippen molar-refractivity contribution >= 4 is 52.2 Å².